The summed E-state index contributed by atoms with van der Waals surface area (Å²) in [5.74, 6) is 0.233. The molecular formula is C15H20O2. The maximum atomic E-state index is 10.9. The molecule has 1 atom stereocenters. The number of carbonyl (C=O) groups excluding carboxylic acids is 1. The fourth-order valence-corrected chi connectivity index (χ4v) is 1.47. The van der Waals surface area contributed by atoms with Crippen molar-refractivity contribution in [1.29, 1.82) is 0 Å². The van der Waals surface area contributed by atoms with Crippen molar-refractivity contribution in [2.75, 3.05) is 0 Å². The minimum Gasteiger partial charge on any atom is -0.435 e. The molecule has 0 aliphatic carbocycles. The largest absolute Gasteiger partial charge is 0.435 e. The van der Waals surface area contributed by atoms with Gasteiger partial charge in [0.1, 0.15) is 0 Å². The van der Waals surface area contributed by atoms with Gasteiger partial charge >= 0.3 is 5.97 Å². The number of hydrogen-bond donors (Lipinski definition) is 0. The summed E-state index contributed by atoms with van der Waals surface area (Å²) in [7, 11) is 0. The van der Waals surface area contributed by atoms with Crippen molar-refractivity contribution in [2.24, 2.45) is 5.92 Å². The molecule has 1 rings (SSSR count). The maximum absolute atomic E-state index is 10.9. The molecule has 0 heterocycles. The topological polar surface area (TPSA) is 26.3 Å². The summed E-state index contributed by atoms with van der Waals surface area (Å²) in [6, 6.07) is 10.4. The Labute approximate surface area is 103 Å². The molecule has 0 radical (unpaired) electrons. The lowest BCUT2D eigenvalue weighted by molar-refractivity contribution is -0.137. The van der Waals surface area contributed by atoms with Crippen LogP contribution in [0.3, 0.4) is 0 Å². The molecule has 0 saturated carbocycles. The Hall–Kier alpha value is -1.57. The van der Waals surface area contributed by atoms with Crippen LogP contribution in [0.1, 0.15) is 32.3 Å². The molecule has 2 nitrogen and oxygen atoms in total. The first-order valence-electron chi connectivity index (χ1n) is 6.12. The molecule has 0 bridgehead atoms. The Kier molecular flexibility index (Phi) is 6.08. The van der Waals surface area contributed by atoms with E-state index in [1.165, 1.54) is 11.8 Å². The predicted molar refractivity (Wildman–Crippen MR) is 69.5 cm³/mol. The minimum absolute atomic E-state index is 0.184. The first-order valence-corrected chi connectivity index (χ1v) is 6.12. The lowest BCUT2D eigenvalue weighted by Gasteiger charge is -2.05. The number of hydrogen-bond acceptors (Lipinski definition) is 2. The van der Waals surface area contributed by atoms with E-state index in [9.17, 15) is 4.79 Å². The van der Waals surface area contributed by atoms with Crippen molar-refractivity contribution in [2.45, 2.75) is 33.1 Å². The Morgan fingerprint density at radius 3 is 2.71 bits per heavy atom. The van der Waals surface area contributed by atoms with Crippen molar-refractivity contribution >= 4 is 5.97 Å². The van der Waals surface area contributed by atoms with Crippen molar-refractivity contribution in [3.05, 3.63) is 48.2 Å². The summed E-state index contributed by atoms with van der Waals surface area (Å²) in [5, 5.41) is 0. The molecule has 0 fully saturated rings. The Morgan fingerprint density at radius 1 is 1.35 bits per heavy atom. The average Bonchev–Trinajstić information content (AvgIpc) is 2.37. The molecule has 2 heteroatoms. The molecule has 0 spiro atoms. The van der Waals surface area contributed by atoms with E-state index in [4.69, 9.17) is 4.74 Å². The highest BCUT2D eigenvalue weighted by molar-refractivity contribution is 5.69. The third kappa shape index (κ3) is 5.91. The molecule has 1 unspecified atom stereocenters. The molecule has 0 N–H and O–H groups in total. The minimum atomic E-state index is -0.184. The second kappa shape index (κ2) is 7.66. The molecule has 0 aliphatic rings. The van der Waals surface area contributed by atoms with Gasteiger partial charge in [0, 0.05) is 6.42 Å². The highest BCUT2D eigenvalue weighted by atomic mass is 16.5. The fourth-order valence-electron chi connectivity index (χ4n) is 1.47. The first kappa shape index (κ1) is 13.5. The maximum Gasteiger partial charge on any atom is 0.310 e. The van der Waals surface area contributed by atoms with Crippen LogP contribution in [0.2, 0.25) is 0 Å². The second-order valence-corrected chi connectivity index (χ2v) is 4.17. The number of carbonyl (C=O) groups is 1. The quantitative estimate of drug-likeness (QED) is 0.552. The second-order valence-electron chi connectivity index (χ2n) is 4.17. The van der Waals surface area contributed by atoms with Crippen molar-refractivity contribution in [3.8, 4) is 0 Å². The third-order valence-electron chi connectivity index (χ3n) is 2.63. The van der Waals surface area contributed by atoms with Crippen LogP contribution in [-0.2, 0) is 16.0 Å². The summed E-state index contributed by atoms with van der Waals surface area (Å²) in [6.45, 7) is 3.91. The van der Waals surface area contributed by atoms with Crippen LogP contribution in [-0.4, -0.2) is 5.97 Å². The molecule has 0 amide bonds. The summed E-state index contributed by atoms with van der Waals surface area (Å²) >= 11 is 0. The van der Waals surface area contributed by atoms with Gasteiger partial charge in [0.05, 0.1) is 6.26 Å². The third-order valence-corrected chi connectivity index (χ3v) is 2.63. The Balaban J connectivity index is 2.26. The number of ether oxygens (including phenoxy) is 1. The first-order chi connectivity index (χ1) is 8.22. The molecule has 0 aromatic heterocycles. The van der Waals surface area contributed by atoms with Gasteiger partial charge in [-0.2, -0.15) is 0 Å². The lowest BCUT2D eigenvalue weighted by atomic mass is 10.0. The zero-order valence-electron chi connectivity index (χ0n) is 10.6. The zero-order chi connectivity index (χ0) is 12.5. The standard InChI is InChI=1S/C15H20O2/c1-3-15(16)17-12-11-13(2)9-10-14-7-5-4-6-8-14/h4-8,11-13H,3,9-10H2,1-2H3. The summed E-state index contributed by atoms with van der Waals surface area (Å²) in [4.78, 5) is 10.9. The van der Waals surface area contributed by atoms with Crippen LogP contribution in [0.25, 0.3) is 0 Å². The Morgan fingerprint density at radius 2 is 2.06 bits per heavy atom. The number of esters is 1. The van der Waals surface area contributed by atoms with Gasteiger partial charge in [-0.15, -0.1) is 0 Å². The number of aryl methyl sites for hydroxylation is 1. The highest BCUT2D eigenvalue weighted by Gasteiger charge is 1.99. The van der Waals surface area contributed by atoms with Crippen LogP contribution in [0, 0.1) is 5.92 Å². The molecule has 1 aromatic rings. The summed E-state index contributed by atoms with van der Waals surface area (Å²) in [6.07, 6.45) is 5.99. The van der Waals surface area contributed by atoms with Gasteiger partial charge in [0.15, 0.2) is 0 Å². The van der Waals surface area contributed by atoms with E-state index < -0.39 is 0 Å². The van der Waals surface area contributed by atoms with E-state index in [1.807, 2.05) is 12.1 Å². The Bertz CT molecular complexity index is 354. The van der Waals surface area contributed by atoms with E-state index >= 15 is 0 Å². The number of rotatable bonds is 6. The monoisotopic (exact) mass is 232 g/mol. The van der Waals surface area contributed by atoms with E-state index in [0.29, 0.717) is 12.3 Å². The van der Waals surface area contributed by atoms with Crippen LogP contribution in [0.5, 0.6) is 0 Å². The molecule has 17 heavy (non-hydrogen) atoms. The summed E-state index contributed by atoms with van der Waals surface area (Å²) in [5.41, 5.74) is 1.35. The fraction of sp³-hybridized carbons (Fsp3) is 0.400. The molecule has 0 saturated heterocycles. The van der Waals surface area contributed by atoms with E-state index in [1.54, 1.807) is 6.92 Å². The van der Waals surface area contributed by atoms with Crippen LogP contribution in [0.15, 0.2) is 42.7 Å². The molecule has 1 aromatic carbocycles. The molecule has 0 aliphatic heterocycles. The number of allylic oxidation sites excluding steroid dienone is 1. The zero-order valence-corrected chi connectivity index (χ0v) is 10.6. The van der Waals surface area contributed by atoms with E-state index in [2.05, 4.69) is 31.2 Å². The van der Waals surface area contributed by atoms with Gasteiger partial charge in [0.25, 0.3) is 0 Å². The smallest absolute Gasteiger partial charge is 0.310 e. The van der Waals surface area contributed by atoms with Crippen molar-refractivity contribution < 1.29 is 9.53 Å². The van der Waals surface area contributed by atoms with Gasteiger partial charge in [-0.25, -0.2) is 0 Å². The van der Waals surface area contributed by atoms with Gasteiger partial charge in [0.2, 0.25) is 0 Å². The van der Waals surface area contributed by atoms with Crippen LogP contribution in [0.4, 0.5) is 0 Å². The van der Waals surface area contributed by atoms with E-state index in [-0.39, 0.29) is 5.97 Å². The van der Waals surface area contributed by atoms with Crippen LogP contribution >= 0.6 is 0 Å². The van der Waals surface area contributed by atoms with Gasteiger partial charge < -0.3 is 4.74 Å². The van der Waals surface area contributed by atoms with Gasteiger partial charge in [-0.3, -0.25) is 4.79 Å². The van der Waals surface area contributed by atoms with Crippen LogP contribution < -0.4 is 0 Å². The van der Waals surface area contributed by atoms with Crippen molar-refractivity contribution in [3.63, 3.8) is 0 Å². The highest BCUT2D eigenvalue weighted by Crippen LogP contribution is 2.10. The normalized spacial score (nSPS) is 12.6. The lowest BCUT2D eigenvalue weighted by Crippen LogP contribution is -1.98. The average molecular weight is 232 g/mol. The van der Waals surface area contributed by atoms with Crippen molar-refractivity contribution in [1.82, 2.24) is 0 Å². The van der Waals surface area contributed by atoms with Gasteiger partial charge in [-0.05, 0) is 30.4 Å². The van der Waals surface area contributed by atoms with E-state index in [0.717, 1.165) is 12.8 Å². The van der Waals surface area contributed by atoms with Gasteiger partial charge in [-0.1, -0.05) is 44.2 Å². The predicted octanol–water partition coefficient (Wildman–Crippen LogP) is 3.72. The summed E-state index contributed by atoms with van der Waals surface area (Å²) < 4.78 is 4.89. The SMILES string of the molecule is CCC(=O)OC=CC(C)CCc1ccccc1. The number of benzene rings is 1. The molecule has 92 valence electrons. The molecular weight excluding hydrogens is 212 g/mol.